The number of esters is 1. The topological polar surface area (TPSA) is 68.3 Å². The zero-order chi connectivity index (χ0) is 18.4. The number of nitrogens with one attached hydrogen (secondary N) is 1. The Bertz CT molecular complexity index is 868. The maximum atomic E-state index is 13.2. The van der Waals surface area contributed by atoms with Crippen LogP contribution in [0.25, 0.3) is 0 Å². The maximum absolute atomic E-state index is 13.2. The summed E-state index contributed by atoms with van der Waals surface area (Å²) in [6.45, 7) is -0.432. The normalized spacial score (nSPS) is 11.6. The minimum atomic E-state index is -0.671. The van der Waals surface area contributed by atoms with E-state index in [0.717, 1.165) is 10.4 Å². The van der Waals surface area contributed by atoms with Crippen LogP contribution in [0.5, 0.6) is 0 Å². The molecule has 0 bridgehead atoms. The number of pyridine rings is 1. The molecule has 0 fully saturated rings. The van der Waals surface area contributed by atoms with Crippen LogP contribution in [-0.2, 0) is 9.53 Å². The average Bonchev–Trinajstić information content (AvgIpc) is 3.20. The second-order valence-corrected chi connectivity index (χ2v) is 6.34. The Morgan fingerprint density at radius 1 is 1.12 bits per heavy atom. The predicted molar refractivity (Wildman–Crippen MR) is 95.2 cm³/mol. The van der Waals surface area contributed by atoms with Gasteiger partial charge in [-0.25, -0.2) is 14.2 Å². The summed E-state index contributed by atoms with van der Waals surface area (Å²) in [7, 11) is 0. The minimum Gasteiger partial charge on any atom is -0.451 e. The SMILES string of the molecule is O=C(COC(=O)c1ccccn1)N[C@@H](c1ccc(F)cc1)c1cccs1. The summed E-state index contributed by atoms with van der Waals surface area (Å²) in [5.41, 5.74) is 0.867. The van der Waals surface area contributed by atoms with Crippen LogP contribution in [0.4, 0.5) is 4.39 Å². The van der Waals surface area contributed by atoms with Crippen molar-refractivity contribution in [3.63, 3.8) is 0 Å². The highest BCUT2D eigenvalue weighted by molar-refractivity contribution is 7.10. The van der Waals surface area contributed by atoms with Crippen molar-refractivity contribution >= 4 is 23.2 Å². The number of carbonyl (C=O) groups excluding carboxylic acids is 2. The summed E-state index contributed by atoms with van der Waals surface area (Å²) in [5.74, 6) is -1.48. The smallest absolute Gasteiger partial charge is 0.357 e. The standard InChI is InChI=1S/C19H15FN2O3S/c20-14-8-6-13(7-9-14)18(16-5-3-11-26-16)22-17(23)12-25-19(24)15-4-1-2-10-21-15/h1-11,18H,12H2,(H,22,23)/t18-/m0/s1. The van der Waals surface area contributed by atoms with Crippen molar-refractivity contribution in [3.05, 3.63) is 88.1 Å². The molecule has 0 aliphatic carbocycles. The summed E-state index contributed by atoms with van der Waals surface area (Å²) >= 11 is 1.47. The lowest BCUT2D eigenvalue weighted by Gasteiger charge is -2.18. The molecule has 0 aliphatic heterocycles. The molecule has 0 aliphatic rings. The zero-order valence-corrected chi connectivity index (χ0v) is 14.4. The van der Waals surface area contributed by atoms with Gasteiger partial charge in [-0.3, -0.25) is 4.79 Å². The van der Waals surface area contributed by atoms with Gasteiger partial charge in [-0.15, -0.1) is 11.3 Å². The molecule has 2 aromatic heterocycles. The first-order valence-corrected chi connectivity index (χ1v) is 8.68. The van der Waals surface area contributed by atoms with Gasteiger partial charge in [0.25, 0.3) is 5.91 Å². The van der Waals surface area contributed by atoms with Crippen LogP contribution in [0.1, 0.15) is 27.0 Å². The molecule has 0 saturated heterocycles. The fraction of sp³-hybridized carbons (Fsp3) is 0.105. The van der Waals surface area contributed by atoms with E-state index >= 15 is 0 Å². The second kappa shape index (κ2) is 8.35. The van der Waals surface area contributed by atoms with E-state index < -0.39 is 24.5 Å². The Morgan fingerprint density at radius 3 is 2.58 bits per heavy atom. The van der Waals surface area contributed by atoms with E-state index in [1.165, 1.54) is 35.7 Å². The first-order valence-electron chi connectivity index (χ1n) is 7.80. The number of carbonyl (C=O) groups is 2. The lowest BCUT2D eigenvalue weighted by Crippen LogP contribution is -2.32. The van der Waals surface area contributed by atoms with Crippen molar-refractivity contribution in [1.82, 2.24) is 10.3 Å². The van der Waals surface area contributed by atoms with Crippen LogP contribution in [0, 0.1) is 5.82 Å². The predicted octanol–water partition coefficient (Wildman–Crippen LogP) is 3.34. The van der Waals surface area contributed by atoms with Crippen molar-refractivity contribution < 1.29 is 18.7 Å². The van der Waals surface area contributed by atoms with E-state index in [1.807, 2.05) is 17.5 Å². The van der Waals surface area contributed by atoms with Crippen LogP contribution in [0.2, 0.25) is 0 Å². The molecule has 1 aromatic carbocycles. The molecule has 2 heterocycles. The van der Waals surface area contributed by atoms with Crippen molar-refractivity contribution in [1.29, 1.82) is 0 Å². The molecule has 26 heavy (non-hydrogen) atoms. The largest absolute Gasteiger partial charge is 0.451 e. The molecule has 3 rings (SSSR count). The molecule has 0 spiro atoms. The maximum Gasteiger partial charge on any atom is 0.357 e. The third-order valence-corrected chi connectivity index (χ3v) is 4.48. The number of hydrogen-bond donors (Lipinski definition) is 1. The van der Waals surface area contributed by atoms with E-state index in [2.05, 4.69) is 10.3 Å². The Kier molecular flexibility index (Phi) is 5.70. The van der Waals surface area contributed by atoms with Gasteiger partial charge >= 0.3 is 5.97 Å². The van der Waals surface area contributed by atoms with Gasteiger partial charge in [-0.2, -0.15) is 0 Å². The Balaban J connectivity index is 1.66. The Hall–Kier alpha value is -3.06. The molecule has 0 radical (unpaired) electrons. The van der Waals surface area contributed by atoms with E-state index in [1.54, 1.807) is 24.3 Å². The van der Waals surface area contributed by atoms with Gasteiger partial charge < -0.3 is 10.1 Å². The van der Waals surface area contributed by atoms with E-state index in [4.69, 9.17) is 4.74 Å². The van der Waals surface area contributed by atoms with E-state index in [-0.39, 0.29) is 11.5 Å². The summed E-state index contributed by atoms with van der Waals surface area (Å²) < 4.78 is 18.2. The highest BCUT2D eigenvalue weighted by Crippen LogP contribution is 2.26. The number of benzene rings is 1. The first-order chi connectivity index (χ1) is 12.6. The van der Waals surface area contributed by atoms with Gasteiger partial charge in [0.2, 0.25) is 0 Å². The van der Waals surface area contributed by atoms with Crippen LogP contribution < -0.4 is 5.32 Å². The second-order valence-electron chi connectivity index (χ2n) is 5.36. The van der Waals surface area contributed by atoms with Crippen LogP contribution >= 0.6 is 11.3 Å². The number of nitrogens with zero attached hydrogens (tertiary/aromatic N) is 1. The number of aromatic nitrogens is 1. The van der Waals surface area contributed by atoms with Gasteiger partial charge in [0.15, 0.2) is 6.61 Å². The molecule has 1 N–H and O–H groups in total. The molecule has 0 saturated carbocycles. The van der Waals surface area contributed by atoms with Gasteiger partial charge in [0.05, 0.1) is 6.04 Å². The Labute approximate surface area is 153 Å². The summed E-state index contributed by atoms with van der Waals surface area (Å²) in [5, 5.41) is 4.70. The number of hydrogen-bond acceptors (Lipinski definition) is 5. The molecular formula is C19H15FN2O3S. The van der Waals surface area contributed by atoms with Crippen molar-refractivity contribution in [2.24, 2.45) is 0 Å². The number of rotatable bonds is 6. The van der Waals surface area contributed by atoms with Crippen LogP contribution in [-0.4, -0.2) is 23.5 Å². The highest BCUT2D eigenvalue weighted by atomic mass is 32.1. The summed E-state index contributed by atoms with van der Waals surface area (Å²) in [4.78, 5) is 28.9. The fourth-order valence-electron chi connectivity index (χ4n) is 2.32. The molecule has 5 nitrogen and oxygen atoms in total. The third kappa shape index (κ3) is 4.52. The number of thiophene rings is 1. The summed E-state index contributed by atoms with van der Waals surface area (Å²) in [6, 6.07) is 14.0. The van der Waals surface area contributed by atoms with Crippen molar-refractivity contribution in [3.8, 4) is 0 Å². The number of ether oxygens (including phenoxy) is 1. The molecule has 1 amide bonds. The summed E-state index contributed by atoms with van der Waals surface area (Å²) in [6.07, 6.45) is 1.47. The highest BCUT2D eigenvalue weighted by Gasteiger charge is 2.19. The van der Waals surface area contributed by atoms with Gasteiger partial charge in [-0.1, -0.05) is 24.3 Å². The molecular weight excluding hydrogens is 355 g/mol. The molecule has 132 valence electrons. The quantitative estimate of drug-likeness (QED) is 0.676. The Morgan fingerprint density at radius 2 is 1.92 bits per heavy atom. The zero-order valence-electron chi connectivity index (χ0n) is 13.6. The van der Waals surface area contributed by atoms with Crippen LogP contribution in [0.15, 0.2) is 66.2 Å². The molecule has 7 heteroatoms. The minimum absolute atomic E-state index is 0.133. The number of halogens is 1. The van der Waals surface area contributed by atoms with Gasteiger partial charge in [0, 0.05) is 11.1 Å². The van der Waals surface area contributed by atoms with Gasteiger partial charge in [-0.05, 0) is 41.3 Å². The molecule has 0 unspecified atom stereocenters. The van der Waals surface area contributed by atoms with Gasteiger partial charge in [0.1, 0.15) is 11.5 Å². The molecule has 3 aromatic rings. The van der Waals surface area contributed by atoms with Crippen LogP contribution in [0.3, 0.4) is 0 Å². The third-order valence-electron chi connectivity index (χ3n) is 3.54. The first kappa shape index (κ1) is 17.8. The van der Waals surface area contributed by atoms with Crippen molar-refractivity contribution in [2.45, 2.75) is 6.04 Å². The molecule has 1 atom stereocenters. The monoisotopic (exact) mass is 370 g/mol. The van der Waals surface area contributed by atoms with Crippen molar-refractivity contribution in [2.75, 3.05) is 6.61 Å². The average molecular weight is 370 g/mol. The van der Waals surface area contributed by atoms with E-state index in [0.29, 0.717) is 0 Å². The fourth-order valence-corrected chi connectivity index (χ4v) is 3.12. The number of amides is 1. The lowest BCUT2D eigenvalue weighted by atomic mass is 10.1. The lowest BCUT2D eigenvalue weighted by molar-refractivity contribution is -0.124. The van der Waals surface area contributed by atoms with E-state index in [9.17, 15) is 14.0 Å².